The SMILES string of the molecule is C#CC(=O)NCCc1ccccc1C(=O)O. The quantitative estimate of drug-likeness (QED) is 0.729. The predicted molar refractivity (Wildman–Crippen MR) is 58.9 cm³/mol. The fourth-order valence-electron chi connectivity index (χ4n) is 1.31. The number of carboxylic acid groups (broad SMARTS) is 1. The Morgan fingerprint density at radius 1 is 1.38 bits per heavy atom. The van der Waals surface area contributed by atoms with E-state index in [1.807, 2.05) is 5.92 Å². The van der Waals surface area contributed by atoms with Crippen molar-refractivity contribution in [2.24, 2.45) is 0 Å². The number of terminal acetylenes is 1. The number of nitrogens with one attached hydrogen (secondary N) is 1. The molecule has 82 valence electrons. The van der Waals surface area contributed by atoms with Crippen LogP contribution in [0.25, 0.3) is 0 Å². The molecule has 0 saturated carbocycles. The van der Waals surface area contributed by atoms with E-state index in [2.05, 4.69) is 5.32 Å². The summed E-state index contributed by atoms with van der Waals surface area (Å²) in [6, 6.07) is 6.66. The van der Waals surface area contributed by atoms with Gasteiger partial charge in [-0.15, -0.1) is 6.42 Å². The van der Waals surface area contributed by atoms with Crippen molar-refractivity contribution in [3.63, 3.8) is 0 Å². The Morgan fingerprint density at radius 3 is 2.69 bits per heavy atom. The van der Waals surface area contributed by atoms with Gasteiger partial charge in [-0.05, 0) is 24.0 Å². The molecule has 2 N–H and O–H groups in total. The normalized spacial score (nSPS) is 9.19. The molecule has 1 aromatic rings. The summed E-state index contributed by atoms with van der Waals surface area (Å²) in [5.74, 6) is 0.456. The summed E-state index contributed by atoms with van der Waals surface area (Å²) in [5.41, 5.74) is 0.921. The zero-order valence-corrected chi connectivity index (χ0v) is 8.56. The second kappa shape index (κ2) is 5.56. The number of benzene rings is 1. The number of carbonyl (C=O) groups is 2. The first-order valence-corrected chi connectivity index (χ1v) is 4.70. The maximum absolute atomic E-state index is 10.9. The summed E-state index contributed by atoms with van der Waals surface area (Å²) in [5, 5.41) is 11.4. The van der Waals surface area contributed by atoms with Crippen LogP contribution in [-0.4, -0.2) is 23.5 Å². The minimum atomic E-state index is -0.973. The first-order valence-electron chi connectivity index (χ1n) is 4.70. The van der Waals surface area contributed by atoms with Crippen molar-refractivity contribution in [3.05, 3.63) is 35.4 Å². The van der Waals surface area contributed by atoms with Gasteiger partial charge in [0.05, 0.1) is 5.56 Å². The standard InChI is InChI=1S/C12H11NO3/c1-2-11(14)13-8-7-9-5-3-4-6-10(9)12(15)16/h1,3-6H,7-8H2,(H,13,14)(H,15,16). The molecule has 16 heavy (non-hydrogen) atoms. The van der Waals surface area contributed by atoms with E-state index in [0.29, 0.717) is 18.5 Å². The van der Waals surface area contributed by atoms with Gasteiger partial charge in [0, 0.05) is 6.54 Å². The van der Waals surface area contributed by atoms with Crippen LogP contribution in [0.4, 0.5) is 0 Å². The van der Waals surface area contributed by atoms with Gasteiger partial charge >= 0.3 is 5.97 Å². The predicted octanol–water partition coefficient (Wildman–Crippen LogP) is 0.677. The van der Waals surface area contributed by atoms with Crippen LogP contribution in [0.3, 0.4) is 0 Å². The van der Waals surface area contributed by atoms with Gasteiger partial charge in [-0.2, -0.15) is 0 Å². The van der Waals surface area contributed by atoms with Crippen molar-refractivity contribution >= 4 is 11.9 Å². The highest BCUT2D eigenvalue weighted by Gasteiger charge is 2.08. The molecule has 0 spiro atoms. The molecule has 1 rings (SSSR count). The summed E-state index contributed by atoms with van der Waals surface area (Å²) >= 11 is 0. The molecule has 1 amide bonds. The number of aromatic carboxylic acids is 1. The van der Waals surface area contributed by atoms with E-state index in [9.17, 15) is 9.59 Å². The summed E-state index contributed by atoms with van der Waals surface area (Å²) in [7, 11) is 0. The van der Waals surface area contributed by atoms with Crippen LogP contribution in [-0.2, 0) is 11.2 Å². The van der Waals surface area contributed by atoms with Crippen molar-refractivity contribution in [1.29, 1.82) is 0 Å². The van der Waals surface area contributed by atoms with Gasteiger partial charge in [-0.1, -0.05) is 18.2 Å². The van der Waals surface area contributed by atoms with Gasteiger partial charge in [0.1, 0.15) is 0 Å². The third kappa shape index (κ3) is 3.14. The minimum Gasteiger partial charge on any atom is -0.478 e. The lowest BCUT2D eigenvalue weighted by atomic mass is 10.0. The average molecular weight is 217 g/mol. The highest BCUT2D eigenvalue weighted by atomic mass is 16.4. The minimum absolute atomic E-state index is 0.248. The summed E-state index contributed by atoms with van der Waals surface area (Å²) < 4.78 is 0. The van der Waals surface area contributed by atoms with Crippen molar-refractivity contribution in [1.82, 2.24) is 5.32 Å². The first-order chi connectivity index (χ1) is 7.65. The molecule has 1 aromatic carbocycles. The highest BCUT2D eigenvalue weighted by molar-refractivity contribution is 5.92. The van der Waals surface area contributed by atoms with Crippen LogP contribution in [0.15, 0.2) is 24.3 Å². The topological polar surface area (TPSA) is 66.4 Å². The number of amides is 1. The van der Waals surface area contributed by atoms with Gasteiger partial charge in [-0.3, -0.25) is 4.79 Å². The zero-order valence-electron chi connectivity index (χ0n) is 8.56. The maximum atomic E-state index is 10.9. The first kappa shape index (κ1) is 11.8. The van der Waals surface area contributed by atoms with Crippen LogP contribution >= 0.6 is 0 Å². The fourth-order valence-corrected chi connectivity index (χ4v) is 1.31. The second-order valence-electron chi connectivity index (χ2n) is 3.11. The molecule has 0 saturated heterocycles. The molecular formula is C12H11NO3. The third-order valence-electron chi connectivity index (χ3n) is 2.06. The van der Waals surface area contributed by atoms with Crippen molar-refractivity contribution in [2.45, 2.75) is 6.42 Å². The van der Waals surface area contributed by atoms with Crippen molar-refractivity contribution in [3.8, 4) is 12.3 Å². The van der Waals surface area contributed by atoms with Crippen LogP contribution in [0.2, 0.25) is 0 Å². The Kier molecular flexibility index (Phi) is 4.10. The Balaban J connectivity index is 2.64. The van der Waals surface area contributed by atoms with E-state index in [1.165, 1.54) is 6.07 Å². The average Bonchev–Trinajstić information content (AvgIpc) is 2.29. The lowest BCUT2D eigenvalue weighted by molar-refractivity contribution is -0.115. The van der Waals surface area contributed by atoms with E-state index < -0.39 is 11.9 Å². The zero-order chi connectivity index (χ0) is 12.0. The van der Waals surface area contributed by atoms with Gasteiger partial charge in [0.25, 0.3) is 5.91 Å². The lowest BCUT2D eigenvalue weighted by Crippen LogP contribution is -2.24. The third-order valence-corrected chi connectivity index (χ3v) is 2.06. The molecule has 4 nitrogen and oxygen atoms in total. The molecule has 0 heterocycles. The largest absolute Gasteiger partial charge is 0.478 e. The van der Waals surface area contributed by atoms with Crippen LogP contribution < -0.4 is 5.32 Å². The molecule has 0 aliphatic heterocycles. The molecule has 0 aliphatic carbocycles. The smallest absolute Gasteiger partial charge is 0.335 e. The molecule has 0 radical (unpaired) electrons. The van der Waals surface area contributed by atoms with E-state index in [4.69, 9.17) is 11.5 Å². The van der Waals surface area contributed by atoms with Crippen LogP contribution in [0, 0.1) is 12.3 Å². The van der Waals surface area contributed by atoms with Crippen LogP contribution in [0.5, 0.6) is 0 Å². The van der Waals surface area contributed by atoms with Crippen molar-refractivity contribution in [2.75, 3.05) is 6.54 Å². The molecule has 0 aliphatic rings. The number of carboxylic acids is 1. The molecular weight excluding hydrogens is 206 g/mol. The fraction of sp³-hybridized carbons (Fsp3) is 0.167. The Hall–Kier alpha value is -2.28. The Bertz CT molecular complexity index is 446. The van der Waals surface area contributed by atoms with Crippen LogP contribution in [0.1, 0.15) is 15.9 Å². The molecule has 0 aromatic heterocycles. The summed E-state index contributed by atoms with van der Waals surface area (Å²) in [4.78, 5) is 21.6. The van der Waals surface area contributed by atoms with E-state index in [-0.39, 0.29) is 5.56 Å². The Morgan fingerprint density at radius 2 is 2.06 bits per heavy atom. The van der Waals surface area contributed by atoms with E-state index in [0.717, 1.165) is 0 Å². The molecule has 0 fully saturated rings. The van der Waals surface area contributed by atoms with Crippen molar-refractivity contribution < 1.29 is 14.7 Å². The molecule has 0 atom stereocenters. The van der Waals surface area contributed by atoms with E-state index >= 15 is 0 Å². The molecule has 0 bridgehead atoms. The van der Waals surface area contributed by atoms with Gasteiger partial charge in [0.15, 0.2) is 0 Å². The second-order valence-corrected chi connectivity index (χ2v) is 3.11. The number of carbonyl (C=O) groups excluding carboxylic acids is 1. The Labute approximate surface area is 93.3 Å². The number of hydrogen-bond acceptors (Lipinski definition) is 2. The molecule has 4 heteroatoms. The van der Waals surface area contributed by atoms with Gasteiger partial charge in [0.2, 0.25) is 0 Å². The van der Waals surface area contributed by atoms with E-state index in [1.54, 1.807) is 18.2 Å². The highest BCUT2D eigenvalue weighted by Crippen LogP contribution is 2.08. The summed E-state index contributed by atoms with van der Waals surface area (Å²) in [6.45, 7) is 0.327. The van der Waals surface area contributed by atoms with Gasteiger partial charge < -0.3 is 10.4 Å². The maximum Gasteiger partial charge on any atom is 0.335 e. The van der Waals surface area contributed by atoms with Gasteiger partial charge in [-0.25, -0.2) is 4.79 Å². The molecule has 0 unspecified atom stereocenters. The summed E-state index contributed by atoms with van der Waals surface area (Å²) in [6.07, 6.45) is 5.31. The number of hydrogen-bond donors (Lipinski definition) is 2. The number of rotatable bonds is 4. The monoisotopic (exact) mass is 217 g/mol. The lowest BCUT2D eigenvalue weighted by Gasteiger charge is -2.05.